The Hall–Kier alpha value is -1.96. The molecule has 1 rings (SSSR count). The van der Waals surface area contributed by atoms with E-state index in [9.17, 15) is 14.7 Å². The Labute approximate surface area is 173 Å². The van der Waals surface area contributed by atoms with Gasteiger partial charge in [0.15, 0.2) is 6.61 Å². The number of hydrogen-bond donors (Lipinski definition) is 1. The van der Waals surface area contributed by atoms with Crippen LogP contribution >= 0.6 is 0 Å². The number of hydrogen-bond acceptors (Lipinski definition) is 6. The fraction of sp³-hybridized carbons (Fsp3) is 0.636. The molecule has 164 valence electrons. The van der Waals surface area contributed by atoms with Crippen molar-refractivity contribution in [3.05, 3.63) is 35.4 Å². The molecule has 7 nitrogen and oxygen atoms in total. The number of carboxylic acid groups (broad SMARTS) is 1. The van der Waals surface area contributed by atoms with Crippen molar-refractivity contribution in [3.8, 4) is 0 Å². The van der Waals surface area contributed by atoms with Crippen LogP contribution in [-0.2, 0) is 18.9 Å². The average Bonchev–Trinajstić information content (AvgIpc) is 2.72. The number of esters is 1. The van der Waals surface area contributed by atoms with Gasteiger partial charge in [-0.25, -0.2) is 9.59 Å². The molecule has 0 bridgehead atoms. The summed E-state index contributed by atoms with van der Waals surface area (Å²) < 4.78 is 23.1. The maximum Gasteiger partial charge on any atom is 0.339 e. The standard InChI is InChI=1S/C22H34O7/c1-4-7-14-27-22(28-15-8-5-2,29-16-9-6-3)17-26-21(25)19-13-11-10-12-18(19)20(23)24/h10-13H,4-9,14-17H2,1-3H3,(H,23,24). The van der Waals surface area contributed by atoms with Gasteiger partial charge in [0.1, 0.15) is 0 Å². The van der Waals surface area contributed by atoms with Crippen LogP contribution in [0.3, 0.4) is 0 Å². The molecule has 0 saturated heterocycles. The number of carboxylic acids is 1. The molecule has 1 aromatic carbocycles. The van der Waals surface area contributed by atoms with Crippen molar-refractivity contribution < 1.29 is 33.6 Å². The predicted octanol–water partition coefficient (Wildman–Crippen LogP) is 4.65. The Bertz CT molecular complexity index is 588. The Balaban J connectivity index is 2.94. The highest BCUT2D eigenvalue weighted by Crippen LogP contribution is 2.21. The van der Waals surface area contributed by atoms with E-state index in [0.717, 1.165) is 38.5 Å². The lowest BCUT2D eigenvalue weighted by atomic mass is 10.1. The first-order valence-corrected chi connectivity index (χ1v) is 10.4. The second-order valence-electron chi connectivity index (χ2n) is 6.72. The molecule has 0 aliphatic rings. The van der Waals surface area contributed by atoms with Crippen molar-refractivity contribution in [1.29, 1.82) is 0 Å². The van der Waals surface area contributed by atoms with Crippen LogP contribution < -0.4 is 0 Å². The number of carbonyl (C=O) groups excluding carboxylic acids is 1. The highest BCUT2D eigenvalue weighted by atomic mass is 16.9. The first-order chi connectivity index (χ1) is 14.0. The van der Waals surface area contributed by atoms with Crippen LogP contribution in [0.15, 0.2) is 24.3 Å². The van der Waals surface area contributed by atoms with Gasteiger partial charge in [-0.05, 0) is 31.4 Å². The summed E-state index contributed by atoms with van der Waals surface area (Å²) in [5.41, 5.74) is -0.140. The predicted molar refractivity (Wildman–Crippen MR) is 109 cm³/mol. The van der Waals surface area contributed by atoms with Gasteiger partial charge in [0.05, 0.1) is 30.9 Å². The van der Waals surface area contributed by atoms with Crippen LogP contribution in [-0.4, -0.2) is 49.4 Å². The molecule has 0 aliphatic carbocycles. The number of ether oxygens (including phenoxy) is 4. The third kappa shape index (κ3) is 8.94. The summed E-state index contributed by atoms with van der Waals surface area (Å²) in [6, 6.07) is 5.92. The summed E-state index contributed by atoms with van der Waals surface area (Å²) in [7, 11) is 0. The molecule has 29 heavy (non-hydrogen) atoms. The molecule has 0 unspecified atom stereocenters. The van der Waals surface area contributed by atoms with Gasteiger partial charge in [0.2, 0.25) is 0 Å². The zero-order valence-electron chi connectivity index (χ0n) is 17.8. The quantitative estimate of drug-likeness (QED) is 0.241. The van der Waals surface area contributed by atoms with E-state index in [2.05, 4.69) is 0 Å². The number of aromatic carboxylic acids is 1. The Morgan fingerprint density at radius 3 is 1.69 bits per heavy atom. The number of rotatable bonds is 16. The van der Waals surface area contributed by atoms with Gasteiger partial charge in [-0.3, -0.25) is 0 Å². The van der Waals surface area contributed by atoms with Crippen LogP contribution in [0.25, 0.3) is 0 Å². The molecule has 0 saturated carbocycles. The van der Waals surface area contributed by atoms with Gasteiger partial charge in [0.25, 0.3) is 0 Å². The maximum atomic E-state index is 12.6. The molecule has 0 aromatic heterocycles. The summed E-state index contributed by atoms with van der Waals surface area (Å²) in [5, 5.41) is 9.29. The smallest absolute Gasteiger partial charge is 0.339 e. The second kappa shape index (κ2) is 14.1. The van der Waals surface area contributed by atoms with Crippen LogP contribution in [0.5, 0.6) is 0 Å². The molecule has 0 fully saturated rings. The highest BCUT2D eigenvalue weighted by Gasteiger charge is 2.36. The van der Waals surface area contributed by atoms with E-state index in [1.54, 1.807) is 12.1 Å². The molecule has 0 atom stereocenters. The summed E-state index contributed by atoms with van der Waals surface area (Å²) in [6.45, 7) is 7.06. The number of benzene rings is 1. The van der Waals surface area contributed by atoms with Crippen molar-refractivity contribution in [3.63, 3.8) is 0 Å². The van der Waals surface area contributed by atoms with Gasteiger partial charge >= 0.3 is 17.9 Å². The molecule has 1 N–H and O–H groups in total. The zero-order valence-corrected chi connectivity index (χ0v) is 17.8. The first-order valence-electron chi connectivity index (χ1n) is 10.4. The van der Waals surface area contributed by atoms with E-state index in [0.29, 0.717) is 19.8 Å². The van der Waals surface area contributed by atoms with E-state index in [1.807, 2.05) is 20.8 Å². The molecule has 1 aromatic rings. The molecule has 0 spiro atoms. The van der Waals surface area contributed by atoms with Crippen LogP contribution in [0, 0.1) is 0 Å². The monoisotopic (exact) mass is 410 g/mol. The molecule has 0 aliphatic heterocycles. The molecule has 0 amide bonds. The van der Waals surface area contributed by atoms with Crippen molar-refractivity contribution in [1.82, 2.24) is 0 Å². The fourth-order valence-electron chi connectivity index (χ4n) is 2.45. The Kier molecular flexibility index (Phi) is 12.2. The van der Waals surface area contributed by atoms with E-state index >= 15 is 0 Å². The van der Waals surface area contributed by atoms with E-state index < -0.39 is 17.9 Å². The minimum absolute atomic E-state index is 0.0235. The first kappa shape index (κ1) is 25.1. The number of carbonyl (C=O) groups is 2. The molecular weight excluding hydrogens is 376 g/mol. The van der Waals surface area contributed by atoms with Crippen molar-refractivity contribution in [2.75, 3.05) is 26.4 Å². The van der Waals surface area contributed by atoms with Gasteiger partial charge in [-0.2, -0.15) is 0 Å². The number of unbranched alkanes of at least 4 members (excludes halogenated alkanes) is 3. The topological polar surface area (TPSA) is 91.3 Å². The summed E-state index contributed by atoms with van der Waals surface area (Å²) in [6.07, 6.45) is 5.24. The summed E-state index contributed by atoms with van der Waals surface area (Å²) >= 11 is 0. The van der Waals surface area contributed by atoms with Crippen LogP contribution in [0.1, 0.15) is 80.0 Å². The minimum Gasteiger partial charge on any atom is -0.478 e. The fourth-order valence-corrected chi connectivity index (χ4v) is 2.45. The van der Waals surface area contributed by atoms with Gasteiger partial charge in [-0.1, -0.05) is 52.2 Å². The van der Waals surface area contributed by atoms with Crippen LogP contribution in [0.2, 0.25) is 0 Å². The van der Waals surface area contributed by atoms with Crippen LogP contribution in [0.4, 0.5) is 0 Å². The molecular formula is C22H34O7. The minimum atomic E-state index is -1.49. The maximum absolute atomic E-state index is 12.6. The largest absolute Gasteiger partial charge is 0.478 e. The summed E-state index contributed by atoms with van der Waals surface area (Å²) in [4.78, 5) is 23.9. The molecule has 7 heteroatoms. The van der Waals surface area contributed by atoms with E-state index in [-0.39, 0.29) is 17.7 Å². The molecule has 0 heterocycles. The van der Waals surface area contributed by atoms with E-state index in [4.69, 9.17) is 18.9 Å². The SMILES string of the molecule is CCCCOC(COC(=O)c1ccccc1C(=O)O)(OCCCC)OCCCC. The second-order valence-corrected chi connectivity index (χ2v) is 6.72. The average molecular weight is 411 g/mol. The van der Waals surface area contributed by atoms with Gasteiger partial charge in [0, 0.05) is 0 Å². The molecule has 0 radical (unpaired) electrons. The van der Waals surface area contributed by atoms with Gasteiger partial charge < -0.3 is 24.1 Å². The third-order valence-electron chi connectivity index (χ3n) is 4.22. The van der Waals surface area contributed by atoms with Gasteiger partial charge in [-0.15, -0.1) is 0 Å². The lowest BCUT2D eigenvalue weighted by molar-refractivity contribution is -0.391. The lowest BCUT2D eigenvalue weighted by Crippen LogP contribution is -2.45. The van der Waals surface area contributed by atoms with Crippen molar-refractivity contribution in [2.24, 2.45) is 0 Å². The summed E-state index contributed by atoms with van der Waals surface area (Å²) in [5.74, 6) is -3.45. The van der Waals surface area contributed by atoms with E-state index in [1.165, 1.54) is 12.1 Å². The van der Waals surface area contributed by atoms with Crippen molar-refractivity contribution in [2.45, 2.75) is 65.3 Å². The lowest BCUT2D eigenvalue weighted by Gasteiger charge is -2.33. The normalized spacial score (nSPS) is 11.4. The zero-order chi connectivity index (χ0) is 21.5. The third-order valence-corrected chi connectivity index (χ3v) is 4.22. The van der Waals surface area contributed by atoms with Crippen molar-refractivity contribution >= 4 is 11.9 Å². The highest BCUT2D eigenvalue weighted by molar-refractivity contribution is 6.02. The Morgan fingerprint density at radius 2 is 1.28 bits per heavy atom. The Morgan fingerprint density at radius 1 is 0.828 bits per heavy atom.